The van der Waals surface area contributed by atoms with Gasteiger partial charge in [0.05, 0.1) is 5.75 Å². The van der Waals surface area contributed by atoms with Crippen LogP contribution in [0.25, 0.3) is 0 Å². The van der Waals surface area contributed by atoms with Gasteiger partial charge in [0.25, 0.3) is 0 Å². The van der Waals surface area contributed by atoms with E-state index in [0.717, 1.165) is 5.75 Å². The molecule has 0 aliphatic heterocycles. The highest BCUT2D eigenvalue weighted by atomic mass is 32.2. The lowest BCUT2D eigenvalue weighted by atomic mass is 10.3. The van der Waals surface area contributed by atoms with Crippen molar-refractivity contribution in [3.8, 4) is 17.2 Å². The smallest absolute Gasteiger partial charge is 0.247 e. The summed E-state index contributed by atoms with van der Waals surface area (Å²) in [6.07, 6.45) is 2.25. The molecule has 7 heteroatoms. The summed E-state index contributed by atoms with van der Waals surface area (Å²) in [4.78, 5) is 7.58. The molecule has 0 amide bonds. The summed E-state index contributed by atoms with van der Waals surface area (Å²) < 4.78 is 35.9. The van der Waals surface area contributed by atoms with E-state index < -0.39 is 15.9 Å². The van der Waals surface area contributed by atoms with E-state index in [0.29, 0.717) is 11.5 Å². The van der Waals surface area contributed by atoms with E-state index in [1.165, 1.54) is 12.4 Å². The van der Waals surface area contributed by atoms with Gasteiger partial charge in [-0.3, -0.25) is 0 Å². The largest absolute Gasteiger partial charge is 0.490 e. The van der Waals surface area contributed by atoms with E-state index >= 15 is 0 Å². The van der Waals surface area contributed by atoms with E-state index in [-0.39, 0.29) is 10.9 Å². The SMILES string of the molecule is CC(CS(=O)(=O)c1ncccn1)Oc1ccc(Oc2ccccc2)cc1. The standard InChI is InChI=1S/C19H18N2O4S/c1-15(14-26(22,23)19-20-12-5-13-21-19)24-17-8-10-18(11-9-17)25-16-6-3-2-4-7-16/h2-13,15H,14H2,1H3. The predicted molar refractivity (Wildman–Crippen MR) is 97.1 cm³/mol. The quantitative estimate of drug-likeness (QED) is 0.592. The lowest BCUT2D eigenvalue weighted by Gasteiger charge is -2.15. The van der Waals surface area contributed by atoms with Gasteiger partial charge >= 0.3 is 0 Å². The van der Waals surface area contributed by atoms with E-state index in [1.807, 2.05) is 30.3 Å². The van der Waals surface area contributed by atoms with Crippen LogP contribution in [0.4, 0.5) is 0 Å². The summed E-state index contributed by atoms with van der Waals surface area (Å²) in [6, 6.07) is 18.0. The van der Waals surface area contributed by atoms with Gasteiger partial charge in [0.2, 0.25) is 15.0 Å². The van der Waals surface area contributed by atoms with Crippen LogP contribution in [-0.4, -0.2) is 30.2 Å². The second-order valence-electron chi connectivity index (χ2n) is 5.63. The molecule has 0 fully saturated rings. The molecule has 134 valence electrons. The average Bonchev–Trinajstić information content (AvgIpc) is 2.64. The van der Waals surface area contributed by atoms with Gasteiger partial charge in [0.15, 0.2) is 0 Å². The zero-order valence-electron chi connectivity index (χ0n) is 14.1. The summed E-state index contributed by atoms with van der Waals surface area (Å²) in [5, 5.41) is -0.193. The van der Waals surface area contributed by atoms with Crippen molar-refractivity contribution in [3.63, 3.8) is 0 Å². The Hall–Kier alpha value is -2.93. The first-order valence-electron chi connectivity index (χ1n) is 8.02. The average molecular weight is 370 g/mol. The Labute approximate surface area is 152 Å². The number of hydrogen-bond donors (Lipinski definition) is 0. The van der Waals surface area contributed by atoms with E-state index in [2.05, 4.69) is 9.97 Å². The summed E-state index contributed by atoms with van der Waals surface area (Å²) in [6.45, 7) is 1.69. The number of ether oxygens (including phenoxy) is 2. The molecule has 6 nitrogen and oxygen atoms in total. The molecule has 2 aromatic carbocycles. The van der Waals surface area contributed by atoms with Gasteiger partial charge in [-0.2, -0.15) is 0 Å². The van der Waals surface area contributed by atoms with Gasteiger partial charge in [-0.25, -0.2) is 18.4 Å². The van der Waals surface area contributed by atoms with Crippen LogP contribution in [0.2, 0.25) is 0 Å². The minimum atomic E-state index is -3.60. The zero-order valence-corrected chi connectivity index (χ0v) is 15.0. The summed E-state index contributed by atoms with van der Waals surface area (Å²) >= 11 is 0. The van der Waals surface area contributed by atoms with Crippen molar-refractivity contribution in [1.29, 1.82) is 0 Å². The number of para-hydroxylation sites is 1. The Morgan fingerprint density at radius 3 is 2.08 bits per heavy atom. The molecule has 0 N–H and O–H groups in total. The number of nitrogens with zero attached hydrogens (tertiary/aromatic N) is 2. The molecular weight excluding hydrogens is 352 g/mol. The molecule has 0 spiro atoms. The van der Waals surface area contributed by atoms with Crippen LogP contribution >= 0.6 is 0 Å². The molecule has 0 aliphatic rings. The minimum absolute atomic E-state index is 0.193. The fourth-order valence-electron chi connectivity index (χ4n) is 2.31. The van der Waals surface area contributed by atoms with Gasteiger partial charge in [0, 0.05) is 12.4 Å². The van der Waals surface area contributed by atoms with Crippen LogP contribution in [-0.2, 0) is 9.84 Å². The van der Waals surface area contributed by atoms with E-state index in [1.54, 1.807) is 37.3 Å². The maximum Gasteiger partial charge on any atom is 0.247 e. The van der Waals surface area contributed by atoms with Crippen molar-refractivity contribution < 1.29 is 17.9 Å². The molecule has 0 saturated carbocycles. The Morgan fingerprint density at radius 1 is 0.846 bits per heavy atom. The van der Waals surface area contributed by atoms with Gasteiger partial charge in [0.1, 0.15) is 23.4 Å². The van der Waals surface area contributed by atoms with Crippen molar-refractivity contribution in [2.45, 2.75) is 18.2 Å². The fraction of sp³-hybridized carbons (Fsp3) is 0.158. The lowest BCUT2D eigenvalue weighted by Crippen LogP contribution is -2.25. The van der Waals surface area contributed by atoms with Crippen molar-refractivity contribution in [3.05, 3.63) is 73.1 Å². The van der Waals surface area contributed by atoms with E-state index in [9.17, 15) is 8.42 Å². The van der Waals surface area contributed by atoms with Crippen molar-refractivity contribution in [1.82, 2.24) is 9.97 Å². The molecule has 3 rings (SSSR count). The molecule has 0 saturated heterocycles. The van der Waals surface area contributed by atoms with Crippen molar-refractivity contribution in [2.24, 2.45) is 0 Å². The summed E-state index contributed by atoms with van der Waals surface area (Å²) in [5.74, 6) is 1.76. The topological polar surface area (TPSA) is 78.4 Å². The zero-order chi connectivity index (χ0) is 18.4. The molecule has 0 bridgehead atoms. The summed E-state index contributed by atoms with van der Waals surface area (Å²) in [5.41, 5.74) is 0. The molecule has 26 heavy (non-hydrogen) atoms. The van der Waals surface area contributed by atoms with Crippen LogP contribution in [0.3, 0.4) is 0 Å². The van der Waals surface area contributed by atoms with Gasteiger partial charge in [-0.15, -0.1) is 0 Å². The van der Waals surface area contributed by atoms with Gasteiger partial charge in [-0.05, 0) is 49.4 Å². The molecule has 1 unspecified atom stereocenters. The summed E-state index contributed by atoms with van der Waals surface area (Å²) in [7, 11) is -3.60. The first kappa shape index (κ1) is 17.9. The number of hydrogen-bond acceptors (Lipinski definition) is 6. The molecule has 0 radical (unpaired) electrons. The number of benzene rings is 2. The maximum atomic E-state index is 12.3. The Morgan fingerprint density at radius 2 is 1.42 bits per heavy atom. The van der Waals surface area contributed by atoms with Crippen LogP contribution in [0.1, 0.15) is 6.92 Å². The highest BCUT2D eigenvalue weighted by molar-refractivity contribution is 7.91. The van der Waals surface area contributed by atoms with Crippen molar-refractivity contribution >= 4 is 9.84 Å². The minimum Gasteiger partial charge on any atom is -0.490 e. The molecular formula is C19H18N2O4S. The molecule has 1 aromatic heterocycles. The van der Waals surface area contributed by atoms with Crippen LogP contribution < -0.4 is 9.47 Å². The number of rotatable bonds is 7. The molecule has 3 aromatic rings. The second kappa shape index (κ2) is 7.97. The van der Waals surface area contributed by atoms with Crippen LogP contribution in [0.5, 0.6) is 17.2 Å². The normalized spacial score (nSPS) is 12.3. The monoisotopic (exact) mass is 370 g/mol. The van der Waals surface area contributed by atoms with Gasteiger partial charge < -0.3 is 9.47 Å². The van der Waals surface area contributed by atoms with Crippen molar-refractivity contribution in [2.75, 3.05) is 5.75 Å². The van der Waals surface area contributed by atoms with Gasteiger partial charge in [-0.1, -0.05) is 18.2 Å². The highest BCUT2D eigenvalue weighted by Gasteiger charge is 2.22. The number of sulfone groups is 1. The molecule has 0 aliphatic carbocycles. The Kier molecular flexibility index (Phi) is 5.48. The molecule has 1 atom stereocenters. The third-order valence-corrected chi connectivity index (χ3v) is 5.09. The maximum absolute atomic E-state index is 12.3. The first-order chi connectivity index (χ1) is 12.5. The van der Waals surface area contributed by atoms with E-state index in [4.69, 9.17) is 9.47 Å². The Balaban J connectivity index is 1.60. The highest BCUT2D eigenvalue weighted by Crippen LogP contribution is 2.24. The van der Waals surface area contributed by atoms with Crippen LogP contribution in [0.15, 0.2) is 78.2 Å². The Bertz CT molecular complexity index is 930. The lowest BCUT2D eigenvalue weighted by molar-refractivity contribution is 0.244. The first-order valence-corrected chi connectivity index (χ1v) is 9.67. The number of aromatic nitrogens is 2. The third-order valence-electron chi connectivity index (χ3n) is 3.41. The molecule has 1 heterocycles. The second-order valence-corrected chi connectivity index (χ2v) is 7.56. The third kappa shape index (κ3) is 4.80. The predicted octanol–water partition coefficient (Wildman–Crippen LogP) is 3.51. The fourth-order valence-corrected chi connectivity index (χ4v) is 3.58. The van der Waals surface area contributed by atoms with Crippen LogP contribution in [0, 0.1) is 0 Å².